The highest BCUT2D eigenvalue weighted by Crippen LogP contribution is 2.24. The summed E-state index contributed by atoms with van der Waals surface area (Å²) in [4.78, 5) is 24.4. The molecule has 0 amide bonds. The van der Waals surface area contributed by atoms with Gasteiger partial charge in [0, 0.05) is 43.3 Å². The van der Waals surface area contributed by atoms with E-state index in [0.717, 1.165) is 37.7 Å². The van der Waals surface area contributed by atoms with Gasteiger partial charge in [0.2, 0.25) is 5.95 Å². The molecule has 0 saturated carbocycles. The number of H-pyrrole nitrogens is 1. The Kier molecular flexibility index (Phi) is 6.21. The van der Waals surface area contributed by atoms with Gasteiger partial charge >= 0.3 is 0 Å². The van der Waals surface area contributed by atoms with E-state index in [1.54, 1.807) is 31.4 Å². The molecule has 158 valence electrons. The molecule has 0 radical (unpaired) electrons. The van der Waals surface area contributed by atoms with Crippen molar-refractivity contribution in [2.45, 2.75) is 6.54 Å². The van der Waals surface area contributed by atoms with Crippen LogP contribution >= 0.6 is 11.6 Å². The summed E-state index contributed by atoms with van der Waals surface area (Å²) in [7, 11) is 1.59. The van der Waals surface area contributed by atoms with Gasteiger partial charge in [-0.2, -0.15) is 5.26 Å². The molecule has 1 N–H and O–H groups in total. The van der Waals surface area contributed by atoms with Gasteiger partial charge in [-0.1, -0.05) is 23.7 Å². The van der Waals surface area contributed by atoms with Gasteiger partial charge in [-0.05, 0) is 42.0 Å². The van der Waals surface area contributed by atoms with E-state index >= 15 is 0 Å². The van der Waals surface area contributed by atoms with E-state index in [1.807, 2.05) is 35.2 Å². The maximum Gasteiger partial charge on any atom is 0.270 e. The number of anilines is 1. The first-order chi connectivity index (χ1) is 15.1. The van der Waals surface area contributed by atoms with Gasteiger partial charge in [-0.15, -0.1) is 0 Å². The Bertz CT molecular complexity index is 1140. The van der Waals surface area contributed by atoms with E-state index in [0.29, 0.717) is 23.0 Å². The third-order valence-corrected chi connectivity index (χ3v) is 5.63. The van der Waals surface area contributed by atoms with Crippen LogP contribution in [0, 0.1) is 11.3 Å². The quantitative estimate of drug-likeness (QED) is 0.661. The van der Waals surface area contributed by atoms with Gasteiger partial charge in [0.05, 0.1) is 12.8 Å². The molecular formula is C23H22ClN5O2. The topological polar surface area (TPSA) is 85.2 Å². The zero-order chi connectivity index (χ0) is 21.8. The van der Waals surface area contributed by atoms with E-state index in [2.05, 4.69) is 14.9 Å². The molecule has 3 aromatic rings. The Morgan fingerprint density at radius 3 is 2.39 bits per heavy atom. The number of nitriles is 1. The van der Waals surface area contributed by atoms with E-state index in [4.69, 9.17) is 16.3 Å². The number of methoxy groups -OCH3 is 1. The summed E-state index contributed by atoms with van der Waals surface area (Å²) in [6.07, 6.45) is 0. The zero-order valence-electron chi connectivity index (χ0n) is 17.1. The van der Waals surface area contributed by atoms with Crippen molar-refractivity contribution in [1.29, 1.82) is 5.26 Å². The second-order valence-corrected chi connectivity index (χ2v) is 7.78. The number of aromatic nitrogens is 2. The molecule has 7 nitrogen and oxygen atoms in total. The number of nitrogens with one attached hydrogen (secondary N) is 1. The molecule has 0 aliphatic carbocycles. The van der Waals surface area contributed by atoms with Crippen molar-refractivity contribution in [2.75, 3.05) is 38.2 Å². The van der Waals surface area contributed by atoms with Gasteiger partial charge in [0.25, 0.3) is 5.56 Å². The van der Waals surface area contributed by atoms with Crippen LogP contribution in [0.5, 0.6) is 5.75 Å². The van der Waals surface area contributed by atoms with Crippen molar-refractivity contribution in [1.82, 2.24) is 14.9 Å². The summed E-state index contributed by atoms with van der Waals surface area (Å²) >= 11 is 5.97. The number of aromatic amines is 1. The SMILES string of the molecule is COc1ccc(-c2nc(N3CCN(Cc4ccc(Cl)cc4)CC3)[nH]c(=O)c2C#N)cc1. The molecule has 0 atom stereocenters. The maximum atomic E-state index is 12.6. The van der Waals surface area contributed by atoms with Crippen LogP contribution in [-0.4, -0.2) is 48.2 Å². The minimum Gasteiger partial charge on any atom is -0.497 e. The summed E-state index contributed by atoms with van der Waals surface area (Å²) in [6, 6.07) is 17.0. The van der Waals surface area contributed by atoms with Gasteiger partial charge in [-0.25, -0.2) is 4.98 Å². The van der Waals surface area contributed by atoms with Crippen LogP contribution in [0.3, 0.4) is 0 Å². The summed E-state index contributed by atoms with van der Waals surface area (Å²) in [5, 5.41) is 10.2. The smallest absolute Gasteiger partial charge is 0.270 e. The van der Waals surface area contributed by atoms with Crippen molar-refractivity contribution < 1.29 is 4.74 Å². The Labute approximate surface area is 185 Å². The van der Waals surface area contributed by atoms with Crippen LogP contribution in [0.4, 0.5) is 5.95 Å². The first-order valence-electron chi connectivity index (χ1n) is 9.98. The molecule has 1 aliphatic rings. The highest BCUT2D eigenvalue weighted by molar-refractivity contribution is 6.30. The van der Waals surface area contributed by atoms with E-state index in [9.17, 15) is 10.1 Å². The van der Waals surface area contributed by atoms with Gasteiger partial charge in [0.1, 0.15) is 17.4 Å². The van der Waals surface area contributed by atoms with Crippen LogP contribution in [-0.2, 0) is 6.54 Å². The average Bonchev–Trinajstić information content (AvgIpc) is 2.80. The maximum absolute atomic E-state index is 12.6. The molecular weight excluding hydrogens is 414 g/mol. The number of ether oxygens (including phenoxy) is 1. The van der Waals surface area contributed by atoms with Crippen molar-refractivity contribution in [3.63, 3.8) is 0 Å². The molecule has 0 bridgehead atoms. The first kappa shape index (κ1) is 20.9. The largest absolute Gasteiger partial charge is 0.497 e. The lowest BCUT2D eigenvalue weighted by Crippen LogP contribution is -2.47. The monoisotopic (exact) mass is 435 g/mol. The second-order valence-electron chi connectivity index (χ2n) is 7.34. The zero-order valence-corrected chi connectivity index (χ0v) is 17.9. The third kappa shape index (κ3) is 4.71. The molecule has 2 aromatic carbocycles. The third-order valence-electron chi connectivity index (χ3n) is 5.37. The Morgan fingerprint density at radius 1 is 1.10 bits per heavy atom. The minimum absolute atomic E-state index is 0.00953. The van der Waals surface area contributed by atoms with E-state index < -0.39 is 5.56 Å². The van der Waals surface area contributed by atoms with Crippen LogP contribution in [0.2, 0.25) is 5.02 Å². The molecule has 0 unspecified atom stereocenters. The number of hydrogen-bond acceptors (Lipinski definition) is 6. The summed E-state index contributed by atoms with van der Waals surface area (Å²) in [5.74, 6) is 1.19. The number of halogens is 1. The minimum atomic E-state index is -0.429. The molecule has 0 spiro atoms. The van der Waals surface area contributed by atoms with Crippen LogP contribution < -0.4 is 15.2 Å². The van der Waals surface area contributed by atoms with E-state index in [1.165, 1.54) is 5.56 Å². The molecule has 1 fully saturated rings. The fraction of sp³-hybridized carbons (Fsp3) is 0.261. The lowest BCUT2D eigenvalue weighted by molar-refractivity contribution is 0.248. The summed E-state index contributed by atoms with van der Waals surface area (Å²) in [6.45, 7) is 3.98. The average molecular weight is 436 g/mol. The van der Waals surface area contributed by atoms with Gasteiger partial charge < -0.3 is 9.64 Å². The van der Waals surface area contributed by atoms with E-state index in [-0.39, 0.29) is 5.56 Å². The molecule has 1 aliphatic heterocycles. The lowest BCUT2D eigenvalue weighted by Gasteiger charge is -2.35. The normalized spacial score (nSPS) is 14.3. The highest BCUT2D eigenvalue weighted by Gasteiger charge is 2.21. The number of hydrogen-bond donors (Lipinski definition) is 1. The second kappa shape index (κ2) is 9.21. The molecule has 8 heteroatoms. The molecule has 2 heterocycles. The molecule has 1 aromatic heterocycles. The number of rotatable bonds is 5. The predicted molar refractivity (Wildman–Crippen MR) is 121 cm³/mol. The Hall–Kier alpha value is -3.34. The summed E-state index contributed by atoms with van der Waals surface area (Å²) < 4.78 is 5.19. The van der Waals surface area contributed by atoms with Crippen LogP contribution in [0.1, 0.15) is 11.1 Å². The van der Waals surface area contributed by atoms with Crippen molar-refractivity contribution >= 4 is 17.5 Å². The fourth-order valence-electron chi connectivity index (χ4n) is 3.64. The van der Waals surface area contributed by atoms with Crippen molar-refractivity contribution in [3.8, 4) is 23.1 Å². The van der Waals surface area contributed by atoms with Gasteiger partial charge in [-0.3, -0.25) is 14.7 Å². The number of benzene rings is 2. The Balaban J connectivity index is 1.52. The summed E-state index contributed by atoms with van der Waals surface area (Å²) in [5.41, 5.74) is 1.88. The fourth-order valence-corrected chi connectivity index (χ4v) is 3.76. The molecule has 31 heavy (non-hydrogen) atoms. The first-order valence-corrected chi connectivity index (χ1v) is 10.4. The Morgan fingerprint density at radius 2 is 1.77 bits per heavy atom. The molecule has 1 saturated heterocycles. The van der Waals surface area contributed by atoms with Crippen LogP contribution in [0.25, 0.3) is 11.3 Å². The number of piperazine rings is 1. The highest BCUT2D eigenvalue weighted by atomic mass is 35.5. The van der Waals surface area contributed by atoms with Gasteiger partial charge in [0.15, 0.2) is 0 Å². The van der Waals surface area contributed by atoms with Crippen molar-refractivity contribution in [3.05, 3.63) is 75.0 Å². The standard InChI is InChI=1S/C23H22ClN5O2/c1-31-19-8-4-17(5-9-19)21-20(14-25)22(30)27-23(26-21)29-12-10-28(11-13-29)15-16-2-6-18(24)7-3-16/h2-9H,10-13,15H2,1H3,(H,26,27,30). The molecule has 4 rings (SSSR count). The number of nitrogens with zero attached hydrogens (tertiary/aromatic N) is 4. The van der Waals surface area contributed by atoms with Crippen molar-refractivity contribution in [2.24, 2.45) is 0 Å². The predicted octanol–water partition coefficient (Wildman–Crippen LogP) is 3.29. The van der Waals surface area contributed by atoms with Crippen LogP contribution in [0.15, 0.2) is 53.3 Å². The lowest BCUT2D eigenvalue weighted by atomic mass is 10.1.